The van der Waals surface area contributed by atoms with Crippen LogP contribution in [-0.2, 0) is 12.8 Å². The van der Waals surface area contributed by atoms with Gasteiger partial charge in [-0.1, -0.05) is 24.3 Å². The molecular weight excluding hydrogens is 352 g/mol. The molecule has 3 rings (SSSR count). The van der Waals surface area contributed by atoms with E-state index < -0.39 is 0 Å². The fourth-order valence-electron chi connectivity index (χ4n) is 2.37. The zero-order valence-corrected chi connectivity index (χ0v) is 15.4. The number of methoxy groups -OCH3 is 1. The van der Waals surface area contributed by atoms with Crippen LogP contribution >= 0.6 is 24.0 Å². The molecule has 0 aliphatic carbocycles. The average Bonchev–Trinajstić information content (AvgIpc) is 3.08. The van der Waals surface area contributed by atoms with Crippen LogP contribution in [0.15, 0.2) is 58.8 Å². The Labute approximate surface area is 156 Å². The molecule has 0 aliphatic rings. The van der Waals surface area contributed by atoms with E-state index in [9.17, 15) is 4.79 Å². The maximum Gasteiger partial charge on any atom is 0.258 e. The van der Waals surface area contributed by atoms with Gasteiger partial charge in [0.2, 0.25) is 0 Å². The van der Waals surface area contributed by atoms with Crippen LogP contribution < -0.4 is 10.1 Å². The van der Waals surface area contributed by atoms with Crippen LogP contribution in [0.3, 0.4) is 0 Å². The summed E-state index contributed by atoms with van der Waals surface area (Å²) in [7, 11) is 1.66. The normalized spacial score (nSPS) is 10.5. The van der Waals surface area contributed by atoms with Gasteiger partial charge >= 0.3 is 0 Å². The molecule has 0 radical (unpaired) electrons. The second kappa shape index (κ2) is 8.18. The Bertz CT molecular complexity index is 860. The van der Waals surface area contributed by atoms with Gasteiger partial charge in [0.1, 0.15) is 5.75 Å². The summed E-state index contributed by atoms with van der Waals surface area (Å²) in [4.78, 5) is 17.4. The van der Waals surface area contributed by atoms with Crippen molar-refractivity contribution in [3.8, 4) is 5.75 Å². The monoisotopic (exact) mass is 370 g/mol. The summed E-state index contributed by atoms with van der Waals surface area (Å²) in [6.07, 6.45) is 1.71. The Kier molecular flexibility index (Phi) is 5.73. The number of thiol groups is 1. The van der Waals surface area contributed by atoms with Crippen LogP contribution in [0.25, 0.3) is 0 Å². The van der Waals surface area contributed by atoms with E-state index in [-0.39, 0.29) is 5.91 Å². The number of carbonyl (C=O) groups excluding carboxylic acids is 1. The highest BCUT2D eigenvalue weighted by Gasteiger charge is 2.11. The van der Waals surface area contributed by atoms with Crippen molar-refractivity contribution in [1.29, 1.82) is 0 Å². The van der Waals surface area contributed by atoms with Crippen molar-refractivity contribution in [2.75, 3.05) is 12.4 Å². The third-order valence-corrected chi connectivity index (χ3v) is 4.95. The lowest BCUT2D eigenvalue weighted by atomic mass is 10.1. The lowest BCUT2D eigenvalue weighted by Crippen LogP contribution is -2.12. The van der Waals surface area contributed by atoms with Crippen LogP contribution in [-0.4, -0.2) is 18.0 Å². The molecule has 0 fully saturated rings. The standard InChI is InChI=1S/C19H18N2O2S2/c1-23-15-10-7-13(8-11-15)6-9-14-12-25-19(20-14)21-18(22)16-4-2-3-5-17(16)24/h2-5,7-8,10-12,24H,6,9H2,1H3,(H,20,21,22). The fourth-order valence-corrected chi connectivity index (χ4v) is 3.38. The van der Waals surface area contributed by atoms with Crippen molar-refractivity contribution in [3.05, 3.63) is 70.7 Å². The van der Waals surface area contributed by atoms with Gasteiger partial charge in [-0.05, 0) is 42.7 Å². The zero-order valence-electron chi connectivity index (χ0n) is 13.7. The zero-order chi connectivity index (χ0) is 17.6. The second-order valence-corrected chi connectivity index (χ2v) is 6.80. The van der Waals surface area contributed by atoms with E-state index in [1.807, 2.05) is 29.6 Å². The molecule has 25 heavy (non-hydrogen) atoms. The number of nitrogens with one attached hydrogen (secondary N) is 1. The number of aryl methyl sites for hydroxylation is 2. The van der Waals surface area contributed by atoms with Gasteiger partial charge in [0.25, 0.3) is 5.91 Å². The van der Waals surface area contributed by atoms with Gasteiger partial charge in [0.05, 0.1) is 18.4 Å². The molecule has 0 spiro atoms. The number of amides is 1. The molecule has 2 aromatic carbocycles. The number of ether oxygens (including phenoxy) is 1. The van der Waals surface area contributed by atoms with E-state index in [1.54, 1.807) is 19.2 Å². The molecule has 0 bridgehead atoms. The lowest BCUT2D eigenvalue weighted by Gasteiger charge is -2.04. The van der Waals surface area contributed by atoms with Crippen molar-refractivity contribution in [2.24, 2.45) is 0 Å². The largest absolute Gasteiger partial charge is 0.497 e. The van der Waals surface area contributed by atoms with Crippen LogP contribution in [0.4, 0.5) is 5.13 Å². The van der Waals surface area contributed by atoms with Crippen LogP contribution in [0.5, 0.6) is 5.75 Å². The second-order valence-electron chi connectivity index (χ2n) is 5.46. The van der Waals surface area contributed by atoms with Crippen molar-refractivity contribution in [3.63, 3.8) is 0 Å². The number of carbonyl (C=O) groups is 1. The Morgan fingerprint density at radius 1 is 1.16 bits per heavy atom. The van der Waals surface area contributed by atoms with Gasteiger partial charge in [-0.25, -0.2) is 4.98 Å². The number of benzene rings is 2. The van der Waals surface area contributed by atoms with E-state index in [0.29, 0.717) is 15.6 Å². The maximum atomic E-state index is 12.3. The molecule has 0 atom stereocenters. The van der Waals surface area contributed by atoms with E-state index >= 15 is 0 Å². The Balaban J connectivity index is 1.58. The van der Waals surface area contributed by atoms with E-state index in [2.05, 4.69) is 35.1 Å². The number of anilines is 1. The van der Waals surface area contributed by atoms with Gasteiger partial charge in [0.15, 0.2) is 5.13 Å². The third-order valence-electron chi connectivity index (χ3n) is 3.75. The van der Waals surface area contributed by atoms with Crippen molar-refractivity contribution < 1.29 is 9.53 Å². The van der Waals surface area contributed by atoms with E-state index in [0.717, 1.165) is 24.3 Å². The summed E-state index contributed by atoms with van der Waals surface area (Å²) >= 11 is 5.74. The van der Waals surface area contributed by atoms with Gasteiger partial charge in [-0.15, -0.1) is 24.0 Å². The number of rotatable bonds is 6. The molecule has 1 heterocycles. The minimum absolute atomic E-state index is 0.193. The van der Waals surface area contributed by atoms with Crippen molar-refractivity contribution in [2.45, 2.75) is 17.7 Å². The Hall–Kier alpha value is -2.31. The summed E-state index contributed by atoms with van der Waals surface area (Å²) in [5.41, 5.74) is 2.74. The van der Waals surface area contributed by atoms with Crippen molar-refractivity contribution in [1.82, 2.24) is 4.98 Å². The van der Waals surface area contributed by atoms with Gasteiger partial charge < -0.3 is 4.74 Å². The van der Waals surface area contributed by atoms with Crippen LogP contribution in [0, 0.1) is 0 Å². The lowest BCUT2D eigenvalue weighted by molar-refractivity contribution is 0.102. The molecule has 128 valence electrons. The molecule has 1 aromatic heterocycles. The quantitative estimate of drug-likeness (QED) is 0.629. The molecule has 0 saturated heterocycles. The first kappa shape index (κ1) is 17.5. The molecule has 0 saturated carbocycles. The van der Waals surface area contributed by atoms with E-state index in [1.165, 1.54) is 16.9 Å². The van der Waals surface area contributed by atoms with Gasteiger partial charge in [-0.3, -0.25) is 10.1 Å². The SMILES string of the molecule is COc1ccc(CCc2csc(NC(=O)c3ccccc3S)n2)cc1. The highest BCUT2D eigenvalue weighted by atomic mass is 32.1. The third kappa shape index (κ3) is 4.61. The number of hydrogen-bond donors (Lipinski definition) is 2. The van der Waals surface area contributed by atoms with Gasteiger partial charge in [-0.2, -0.15) is 0 Å². The summed E-state index contributed by atoms with van der Waals surface area (Å²) in [5, 5.41) is 5.42. The highest BCUT2D eigenvalue weighted by Crippen LogP contribution is 2.20. The summed E-state index contributed by atoms with van der Waals surface area (Å²) in [6.45, 7) is 0. The van der Waals surface area contributed by atoms with Crippen LogP contribution in [0.1, 0.15) is 21.6 Å². The molecule has 0 unspecified atom stereocenters. The summed E-state index contributed by atoms with van der Waals surface area (Å²) < 4.78 is 5.16. The number of aromatic nitrogens is 1. The summed E-state index contributed by atoms with van der Waals surface area (Å²) in [5.74, 6) is 0.661. The Morgan fingerprint density at radius 2 is 1.92 bits per heavy atom. The van der Waals surface area contributed by atoms with Gasteiger partial charge in [0, 0.05) is 10.3 Å². The minimum atomic E-state index is -0.193. The molecular formula is C19H18N2O2S2. The number of thiazole rings is 1. The molecule has 0 aliphatic heterocycles. The predicted octanol–water partition coefficient (Wildman–Crippen LogP) is 4.48. The fraction of sp³-hybridized carbons (Fsp3) is 0.158. The first-order valence-corrected chi connectivity index (χ1v) is 9.15. The average molecular weight is 370 g/mol. The number of nitrogens with zero attached hydrogens (tertiary/aromatic N) is 1. The predicted molar refractivity (Wildman–Crippen MR) is 104 cm³/mol. The molecule has 1 amide bonds. The smallest absolute Gasteiger partial charge is 0.258 e. The highest BCUT2D eigenvalue weighted by molar-refractivity contribution is 7.80. The van der Waals surface area contributed by atoms with Crippen molar-refractivity contribution >= 4 is 35.0 Å². The first-order chi connectivity index (χ1) is 12.2. The first-order valence-electron chi connectivity index (χ1n) is 7.82. The maximum absolute atomic E-state index is 12.3. The molecule has 4 nitrogen and oxygen atoms in total. The number of hydrogen-bond acceptors (Lipinski definition) is 5. The van der Waals surface area contributed by atoms with E-state index in [4.69, 9.17) is 4.74 Å². The Morgan fingerprint density at radius 3 is 2.64 bits per heavy atom. The molecule has 3 aromatic rings. The minimum Gasteiger partial charge on any atom is -0.497 e. The van der Waals surface area contributed by atoms with Crippen LogP contribution in [0.2, 0.25) is 0 Å². The topological polar surface area (TPSA) is 51.2 Å². The summed E-state index contributed by atoms with van der Waals surface area (Å²) in [6, 6.07) is 15.2. The molecule has 1 N–H and O–H groups in total. The molecule has 6 heteroatoms.